The summed E-state index contributed by atoms with van der Waals surface area (Å²) in [5.74, 6) is 0.567. The summed E-state index contributed by atoms with van der Waals surface area (Å²) in [6.07, 6.45) is 1.48. The second-order valence-electron chi connectivity index (χ2n) is 5.50. The van der Waals surface area contributed by atoms with Crippen LogP contribution in [0, 0.1) is 0 Å². The Balaban J connectivity index is 1.83. The lowest BCUT2D eigenvalue weighted by Crippen LogP contribution is -2.34. The van der Waals surface area contributed by atoms with Crippen molar-refractivity contribution in [3.8, 4) is 5.75 Å². The molecule has 2 aromatic heterocycles. The predicted octanol–water partition coefficient (Wildman–Crippen LogP) is 0.965. The van der Waals surface area contributed by atoms with Crippen LogP contribution < -0.4 is 15.7 Å². The summed E-state index contributed by atoms with van der Waals surface area (Å²) >= 11 is 0. The van der Waals surface area contributed by atoms with Gasteiger partial charge in [0.15, 0.2) is 17.1 Å². The fourth-order valence-electron chi connectivity index (χ4n) is 2.74. The molecular weight excluding hydrogens is 310 g/mol. The smallest absolute Gasteiger partial charge is 0.282 e. The number of nitrogens with zero attached hydrogens (tertiary/aromatic N) is 3. The summed E-state index contributed by atoms with van der Waals surface area (Å²) in [7, 11) is 0. The molecule has 0 aliphatic carbocycles. The molecule has 0 radical (unpaired) electrons. The lowest BCUT2D eigenvalue weighted by atomic mass is 10.2. The number of fused-ring (bicyclic) bond motifs is 2. The first-order chi connectivity index (χ1) is 11.7. The second-order valence-corrected chi connectivity index (χ2v) is 5.50. The number of hydrogen-bond acceptors (Lipinski definition) is 5. The van der Waals surface area contributed by atoms with Gasteiger partial charge in [0, 0.05) is 12.3 Å². The van der Waals surface area contributed by atoms with Crippen molar-refractivity contribution in [3.63, 3.8) is 0 Å². The third-order valence-corrected chi connectivity index (χ3v) is 3.93. The maximum atomic E-state index is 12.8. The molecule has 3 heterocycles. The Labute approximate surface area is 136 Å². The van der Waals surface area contributed by atoms with Gasteiger partial charge in [-0.25, -0.2) is 4.52 Å². The summed E-state index contributed by atoms with van der Waals surface area (Å²) in [6.45, 7) is 1.35. The summed E-state index contributed by atoms with van der Waals surface area (Å²) in [5, 5.41) is 4.37. The molecule has 0 atom stereocenters. The predicted molar refractivity (Wildman–Crippen MR) is 86.2 cm³/mol. The lowest BCUT2D eigenvalue weighted by Gasteiger charge is -2.19. The third kappa shape index (κ3) is 2.48. The van der Waals surface area contributed by atoms with Gasteiger partial charge in [0.2, 0.25) is 5.43 Å². The van der Waals surface area contributed by atoms with E-state index >= 15 is 0 Å². The van der Waals surface area contributed by atoms with Gasteiger partial charge in [-0.1, -0.05) is 30.3 Å². The third-order valence-electron chi connectivity index (χ3n) is 3.93. The monoisotopic (exact) mass is 325 g/mol. The van der Waals surface area contributed by atoms with Crippen molar-refractivity contribution < 1.29 is 9.47 Å². The molecule has 1 aliphatic rings. The Morgan fingerprint density at radius 2 is 2.00 bits per heavy atom. The second kappa shape index (κ2) is 5.93. The van der Waals surface area contributed by atoms with Crippen molar-refractivity contribution in [1.29, 1.82) is 0 Å². The maximum Gasteiger partial charge on any atom is 0.282 e. The first-order valence-electron chi connectivity index (χ1n) is 7.64. The standard InChI is InChI=1S/C17H15N3O4/c21-13-6-7-20-15(16(13)24-10-12-4-2-1-3-5-12)17(22)19-8-9-23-11-14(19)18-20/h1-7H,8-11H2. The molecule has 0 amide bonds. The van der Waals surface area contributed by atoms with Gasteiger partial charge in [-0.15, -0.1) is 0 Å². The fourth-order valence-corrected chi connectivity index (χ4v) is 2.74. The number of pyridine rings is 1. The highest BCUT2D eigenvalue weighted by atomic mass is 16.5. The van der Waals surface area contributed by atoms with Crippen LogP contribution in [-0.4, -0.2) is 20.8 Å². The highest BCUT2D eigenvalue weighted by Crippen LogP contribution is 2.14. The van der Waals surface area contributed by atoms with Gasteiger partial charge in [-0.2, -0.15) is 5.10 Å². The Bertz CT molecular complexity index is 1010. The minimum Gasteiger partial charge on any atom is -0.482 e. The van der Waals surface area contributed by atoms with Gasteiger partial charge >= 0.3 is 0 Å². The van der Waals surface area contributed by atoms with E-state index in [-0.39, 0.29) is 35.5 Å². The topological polar surface area (TPSA) is 74.8 Å². The largest absolute Gasteiger partial charge is 0.482 e. The Morgan fingerprint density at radius 1 is 1.17 bits per heavy atom. The van der Waals surface area contributed by atoms with Crippen LogP contribution >= 0.6 is 0 Å². The zero-order valence-corrected chi connectivity index (χ0v) is 12.8. The van der Waals surface area contributed by atoms with Crippen molar-refractivity contribution in [2.75, 3.05) is 6.61 Å². The normalized spacial score (nSPS) is 13.7. The zero-order valence-electron chi connectivity index (χ0n) is 12.8. The van der Waals surface area contributed by atoms with Crippen LogP contribution in [0.4, 0.5) is 0 Å². The molecule has 7 heteroatoms. The highest BCUT2D eigenvalue weighted by molar-refractivity contribution is 5.57. The molecule has 0 bridgehead atoms. The molecule has 0 N–H and O–H groups in total. The van der Waals surface area contributed by atoms with Crippen LogP contribution in [-0.2, 0) is 24.5 Å². The zero-order chi connectivity index (χ0) is 16.5. The average molecular weight is 325 g/mol. The lowest BCUT2D eigenvalue weighted by molar-refractivity contribution is 0.0768. The molecule has 24 heavy (non-hydrogen) atoms. The SMILES string of the molecule is O=c1ccn2nc3n(c(=O)c2c1OCc1ccccc1)CCOC3. The molecule has 1 aromatic carbocycles. The van der Waals surface area contributed by atoms with Gasteiger partial charge in [0.05, 0.1) is 13.2 Å². The van der Waals surface area contributed by atoms with Crippen LogP contribution in [0.2, 0.25) is 0 Å². The van der Waals surface area contributed by atoms with E-state index in [2.05, 4.69) is 5.10 Å². The minimum absolute atomic E-state index is 0.0284. The number of aromatic nitrogens is 3. The van der Waals surface area contributed by atoms with E-state index in [1.807, 2.05) is 30.3 Å². The maximum absolute atomic E-state index is 12.8. The van der Waals surface area contributed by atoms with Crippen molar-refractivity contribution in [2.24, 2.45) is 0 Å². The molecule has 0 unspecified atom stereocenters. The summed E-state index contributed by atoms with van der Waals surface area (Å²) in [5.41, 5.74) is 0.448. The number of hydrogen-bond donors (Lipinski definition) is 0. The first kappa shape index (κ1) is 14.6. The van der Waals surface area contributed by atoms with Crippen molar-refractivity contribution >= 4 is 5.52 Å². The molecule has 122 valence electrons. The van der Waals surface area contributed by atoms with E-state index in [1.165, 1.54) is 21.3 Å². The Hall–Kier alpha value is -2.93. The Kier molecular flexibility index (Phi) is 3.62. The number of rotatable bonds is 3. The van der Waals surface area contributed by atoms with E-state index in [1.54, 1.807) is 0 Å². The van der Waals surface area contributed by atoms with Crippen LogP contribution in [0.25, 0.3) is 5.52 Å². The van der Waals surface area contributed by atoms with Crippen LogP contribution in [0.3, 0.4) is 0 Å². The first-order valence-corrected chi connectivity index (χ1v) is 7.64. The van der Waals surface area contributed by atoms with E-state index in [0.717, 1.165) is 5.56 Å². The van der Waals surface area contributed by atoms with Gasteiger partial charge < -0.3 is 9.47 Å². The molecule has 3 aromatic rings. The quantitative estimate of drug-likeness (QED) is 0.717. The fraction of sp³-hybridized carbons (Fsp3) is 0.235. The molecule has 0 saturated carbocycles. The van der Waals surface area contributed by atoms with Gasteiger partial charge in [-0.05, 0) is 5.56 Å². The number of ether oxygens (including phenoxy) is 2. The molecule has 0 fully saturated rings. The Morgan fingerprint density at radius 3 is 2.83 bits per heavy atom. The molecule has 1 aliphatic heterocycles. The number of benzene rings is 1. The highest BCUT2D eigenvalue weighted by Gasteiger charge is 2.19. The summed E-state index contributed by atoms with van der Waals surface area (Å²) in [6, 6.07) is 10.8. The van der Waals surface area contributed by atoms with Gasteiger partial charge in [0.25, 0.3) is 5.56 Å². The van der Waals surface area contributed by atoms with E-state index in [9.17, 15) is 9.59 Å². The molecular formula is C17H15N3O4. The molecule has 0 spiro atoms. The van der Waals surface area contributed by atoms with Crippen LogP contribution in [0.15, 0.2) is 52.2 Å². The van der Waals surface area contributed by atoms with E-state index in [0.29, 0.717) is 19.0 Å². The van der Waals surface area contributed by atoms with Gasteiger partial charge in [0.1, 0.15) is 13.2 Å². The minimum atomic E-state index is -0.336. The summed E-state index contributed by atoms with van der Waals surface area (Å²) < 4.78 is 13.9. The van der Waals surface area contributed by atoms with E-state index in [4.69, 9.17) is 9.47 Å². The van der Waals surface area contributed by atoms with Crippen LogP contribution in [0.1, 0.15) is 11.4 Å². The van der Waals surface area contributed by atoms with Crippen molar-refractivity contribution in [1.82, 2.24) is 14.2 Å². The van der Waals surface area contributed by atoms with E-state index < -0.39 is 0 Å². The molecule has 0 saturated heterocycles. The van der Waals surface area contributed by atoms with Crippen molar-refractivity contribution in [2.45, 2.75) is 19.8 Å². The summed E-state index contributed by atoms with van der Waals surface area (Å²) in [4.78, 5) is 25.0. The molecule has 7 nitrogen and oxygen atoms in total. The van der Waals surface area contributed by atoms with Crippen LogP contribution in [0.5, 0.6) is 5.75 Å². The molecule has 4 rings (SSSR count). The van der Waals surface area contributed by atoms with Crippen molar-refractivity contribution in [3.05, 3.63) is 74.6 Å². The van der Waals surface area contributed by atoms with Gasteiger partial charge in [-0.3, -0.25) is 14.2 Å². The average Bonchev–Trinajstić information content (AvgIpc) is 2.62.